The fourth-order valence-corrected chi connectivity index (χ4v) is 2.77. The maximum absolute atomic E-state index is 10.9. The molecule has 0 aliphatic heterocycles. The summed E-state index contributed by atoms with van der Waals surface area (Å²) in [5.74, 6) is 0.810. The van der Waals surface area contributed by atoms with E-state index in [1.807, 2.05) is 22.6 Å². The Morgan fingerprint density at radius 1 is 1.50 bits per heavy atom. The lowest BCUT2D eigenvalue weighted by Gasteiger charge is -1.98. The van der Waals surface area contributed by atoms with E-state index in [9.17, 15) is 4.79 Å². The Balaban J connectivity index is 2.43. The maximum Gasteiger partial charge on any atom is 0.195 e. The van der Waals surface area contributed by atoms with Crippen LogP contribution in [0.15, 0.2) is 24.4 Å². The molecule has 0 saturated carbocycles. The molecular weight excluding hydrogens is 224 g/mol. The zero-order chi connectivity index (χ0) is 11.1. The van der Waals surface area contributed by atoms with Crippen LogP contribution in [0.4, 0.5) is 0 Å². The summed E-state index contributed by atoms with van der Waals surface area (Å²) in [7, 11) is 1.64. The summed E-state index contributed by atoms with van der Waals surface area (Å²) < 4.78 is 8.07. The van der Waals surface area contributed by atoms with Gasteiger partial charge in [-0.05, 0) is 18.2 Å². The summed E-state index contributed by atoms with van der Waals surface area (Å²) in [6, 6.07) is 5.76. The normalized spacial score (nSPS) is 11.1. The number of nitrogens with zero attached hydrogens (tertiary/aromatic N) is 2. The van der Waals surface area contributed by atoms with Gasteiger partial charge in [-0.3, -0.25) is 9.20 Å². The fourth-order valence-electron chi connectivity index (χ4n) is 1.73. The van der Waals surface area contributed by atoms with Gasteiger partial charge in [-0.15, -0.1) is 0 Å². The lowest BCUT2D eigenvalue weighted by atomic mass is 10.3. The van der Waals surface area contributed by atoms with Crippen molar-refractivity contribution in [2.45, 2.75) is 0 Å². The number of rotatable bonds is 2. The van der Waals surface area contributed by atoms with E-state index in [1.165, 1.54) is 0 Å². The van der Waals surface area contributed by atoms with Crippen molar-refractivity contribution in [1.29, 1.82) is 0 Å². The van der Waals surface area contributed by atoms with E-state index in [0.29, 0.717) is 5.69 Å². The standard InChI is InChI=1S/C11H8N2O2S/c1-15-8-2-3-9-10(4-8)16-11-12-5-7(6-14)13(9)11/h2-6H,1H3. The number of thiazole rings is 1. The molecular formula is C11H8N2O2S. The van der Waals surface area contributed by atoms with Gasteiger partial charge in [0.25, 0.3) is 0 Å². The highest BCUT2D eigenvalue weighted by molar-refractivity contribution is 7.23. The smallest absolute Gasteiger partial charge is 0.195 e. The molecule has 4 nitrogen and oxygen atoms in total. The highest BCUT2D eigenvalue weighted by Gasteiger charge is 2.10. The Morgan fingerprint density at radius 2 is 2.38 bits per heavy atom. The number of ether oxygens (including phenoxy) is 1. The Kier molecular flexibility index (Phi) is 1.94. The summed E-state index contributed by atoms with van der Waals surface area (Å²) >= 11 is 1.54. The number of aldehydes is 1. The van der Waals surface area contributed by atoms with Crippen molar-refractivity contribution in [2.75, 3.05) is 7.11 Å². The topological polar surface area (TPSA) is 43.6 Å². The van der Waals surface area contributed by atoms with Crippen molar-refractivity contribution in [3.05, 3.63) is 30.1 Å². The van der Waals surface area contributed by atoms with Crippen LogP contribution in [0.1, 0.15) is 10.5 Å². The molecule has 3 rings (SSSR count). The molecule has 0 aliphatic rings. The van der Waals surface area contributed by atoms with Gasteiger partial charge in [-0.2, -0.15) is 0 Å². The van der Waals surface area contributed by atoms with Crippen molar-refractivity contribution in [3.63, 3.8) is 0 Å². The zero-order valence-corrected chi connectivity index (χ0v) is 9.32. The molecule has 0 N–H and O–H groups in total. The molecule has 0 aliphatic carbocycles. The van der Waals surface area contributed by atoms with E-state index in [2.05, 4.69) is 4.98 Å². The van der Waals surface area contributed by atoms with Crippen LogP contribution in [-0.2, 0) is 0 Å². The highest BCUT2D eigenvalue weighted by atomic mass is 32.1. The molecule has 16 heavy (non-hydrogen) atoms. The van der Waals surface area contributed by atoms with Gasteiger partial charge in [0.1, 0.15) is 11.4 Å². The van der Waals surface area contributed by atoms with Gasteiger partial charge >= 0.3 is 0 Å². The SMILES string of the molecule is COc1ccc2c(c1)sc1ncc(C=O)n12. The van der Waals surface area contributed by atoms with Gasteiger partial charge in [-0.1, -0.05) is 11.3 Å². The third-order valence-corrected chi connectivity index (χ3v) is 3.50. The maximum atomic E-state index is 10.9. The molecule has 3 aromatic rings. The Hall–Kier alpha value is -1.88. The van der Waals surface area contributed by atoms with E-state index in [-0.39, 0.29) is 0 Å². The monoisotopic (exact) mass is 232 g/mol. The van der Waals surface area contributed by atoms with Crippen molar-refractivity contribution >= 4 is 32.8 Å². The Labute approximate surface area is 95.1 Å². The average molecular weight is 232 g/mol. The number of aromatic nitrogens is 2. The number of carbonyl (C=O) groups is 1. The van der Waals surface area contributed by atoms with Crippen LogP contribution < -0.4 is 4.74 Å². The van der Waals surface area contributed by atoms with E-state index in [0.717, 1.165) is 27.2 Å². The predicted octanol–water partition coefficient (Wildman–Crippen LogP) is 2.37. The van der Waals surface area contributed by atoms with E-state index in [1.54, 1.807) is 24.6 Å². The zero-order valence-electron chi connectivity index (χ0n) is 8.51. The molecule has 5 heteroatoms. The van der Waals surface area contributed by atoms with Crippen molar-refractivity contribution < 1.29 is 9.53 Å². The molecule has 0 saturated heterocycles. The number of carbonyl (C=O) groups excluding carboxylic acids is 1. The van der Waals surface area contributed by atoms with Crippen LogP contribution in [0.5, 0.6) is 5.75 Å². The third-order valence-electron chi connectivity index (χ3n) is 2.49. The van der Waals surface area contributed by atoms with E-state index in [4.69, 9.17) is 4.74 Å². The molecule has 2 aromatic heterocycles. The second kappa shape index (κ2) is 3.31. The molecule has 2 heterocycles. The molecule has 0 amide bonds. The summed E-state index contributed by atoms with van der Waals surface area (Å²) in [4.78, 5) is 15.9. The van der Waals surface area contributed by atoms with Crippen LogP contribution >= 0.6 is 11.3 Å². The van der Waals surface area contributed by atoms with Gasteiger partial charge in [0.15, 0.2) is 11.2 Å². The average Bonchev–Trinajstić information content (AvgIpc) is 2.85. The summed E-state index contributed by atoms with van der Waals surface area (Å²) in [5.41, 5.74) is 1.56. The first-order valence-electron chi connectivity index (χ1n) is 4.72. The number of fused-ring (bicyclic) bond motifs is 3. The van der Waals surface area contributed by atoms with Gasteiger partial charge in [0, 0.05) is 0 Å². The Morgan fingerprint density at radius 3 is 3.12 bits per heavy atom. The highest BCUT2D eigenvalue weighted by Crippen LogP contribution is 2.29. The molecule has 0 unspecified atom stereocenters. The minimum atomic E-state index is 0.575. The number of benzene rings is 1. The first kappa shape index (κ1) is 9.35. The molecule has 0 bridgehead atoms. The second-order valence-corrected chi connectivity index (χ2v) is 4.36. The van der Waals surface area contributed by atoms with E-state index < -0.39 is 0 Å². The molecule has 0 spiro atoms. The number of hydrogen-bond donors (Lipinski definition) is 0. The van der Waals surface area contributed by atoms with E-state index >= 15 is 0 Å². The minimum Gasteiger partial charge on any atom is -0.497 e. The minimum absolute atomic E-state index is 0.575. The summed E-state index contributed by atoms with van der Waals surface area (Å²) in [6.07, 6.45) is 2.40. The number of imidazole rings is 1. The van der Waals surface area contributed by atoms with Gasteiger partial charge in [-0.25, -0.2) is 4.98 Å². The van der Waals surface area contributed by atoms with Crippen LogP contribution in [0.3, 0.4) is 0 Å². The molecule has 80 valence electrons. The fraction of sp³-hybridized carbons (Fsp3) is 0.0909. The second-order valence-electron chi connectivity index (χ2n) is 3.35. The molecule has 0 fully saturated rings. The van der Waals surface area contributed by atoms with Crippen molar-refractivity contribution in [2.24, 2.45) is 0 Å². The first-order valence-corrected chi connectivity index (χ1v) is 5.54. The predicted molar refractivity (Wildman–Crippen MR) is 62.5 cm³/mol. The number of hydrogen-bond acceptors (Lipinski definition) is 4. The largest absolute Gasteiger partial charge is 0.497 e. The quantitative estimate of drug-likeness (QED) is 0.637. The molecule has 0 radical (unpaired) electrons. The lowest BCUT2D eigenvalue weighted by Crippen LogP contribution is -1.88. The Bertz CT molecular complexity index is 684. The molecule has 1 aromatic carbocycles. The first-order chi connectivity index (χ1) is 7.83. The van der Waals surface area contributed by atoms with Crippen molar-refractivity contribution in [3.8, 4) is 5.75 Å². The van der Waals surface area contributed by atoms with Crippen LogP contribution in [-0.4, -0.2) is 22.8 Å². The number of methoxy groups -OCH3 is 1. The van der Waals surface area contributed by atoms with Crippen LogP contribution in [0.25, 0.3) is 15.2 Å². The van der Waals surface area contributed by atoms with Crippen molar-refractivity contribution in [1.82, 2.24) is 9.38 Å². The van der Waals surface area contributed by atoms with Crippen LogP contribution in [0.2, 0.25) is 0 Å². The summed E-state index contributed by atoms with van der Waals surface area (Å²) in [5, 5.41) is 0. The van der Waals surface area contributed by atoms with Gasteiger partial charge in [0.05, 0.1) is 23.5 Å². The van der Waals surface area contributed by atoms with Crippen LogP contribution in [0, 0.1) is 0 Å². The van der Waals surface area contributed by atoms with Gasteiger partial charge < -0.3 is 4.74 Å². The summed E-state index contributed by atoms with van der Waals surface area (Å²) in [6.45, 7) is 0. The van der Waals surface area contributed by atoms with Gasteiger partial charge in [0.2, 0.25) is 0 Å². The third kappa shape index (κ3) is 1.15. The molecule has 0 atom stereocenters. The lowest BCUT2D eigenvalue weighted by molar-refractivity contribution is 0.111.